The minimum Gasteiger partial charge on any atom is -0.443 e. The molecule has 18 aromatic rings. The molecular formula is C123H106O12P6. The van der Waals surface area contributed by atoms with Crippen LogP contribution in [-0.4, -0.2) is 0 Å². The maximum absolute atomic E-state index is 7.42. The van der Waals surface area contributed by atoms with Gasteiger partial charge in [-0.3, -0.25) is 0 Å². The zero-order chi connectivity index (χ0) is 96.4. The van der Waals surface area contributed by atoms with Crippen LogP contribution in [0.15, 0.2) is 388 Å². The first kappa shape index (κ1) is 93.0. The number of hydrogen-bond donors (Lipinski definition) is 0. The molecule has 700 valence electrons. The molecule has 0 aliphatic carbocycles. The predicted molar refractivity (Wildman–Crippen MR) is 585 cm³/mol. The maximum atomic E-state index is 7.42. The Labute approximate surface area is 833 Å². The van der Waals surface area contributed by atoms with Crippen molar-refractivity contribution in [2.75, 3.05) is 0 Å². The van der Waals surface area contributed by atoms with E-state index >= 15 is 0 Å². The molecule has 6 heterocycles. The van der Waals surface area contributed by atoms with Crippen molar-refractivity contribution in [3.63, 3.8) is 0 Å². The molecule has 24 rings (SSSR count). The third-order valence-electron chi connectivity index (χ3n) is 26.1. The lowest BCUT2D eigenvalue weighted by Gasteiger charge is -2.34. The van der Waals surface area contributed by atoms with Crippen molar-refractivity contribution in [1.29, 1.82) is 0 Å². The summed E-state index contributed by atoms with van der Waals surface area (Å²) in [6.07, 6.45) is 0.591. The second kappa shape index (κ2) is 38.8. The van der Waals surface area contributed by atoms with Gasteiger partial charge in [-0.1, -0.05) is 380 Å². The van der Waals surface area contributed by atoms with Crippen LogP contribution in [0.25, 0.3) is 88.3 Å². The van der Waals surface area contributed by atoms with Crippen LogP contribution in [0.1, 0.15) is 128 Å². The lowest BCUT2D eigenvalue weighted by atomic mass is 9.76. The summed E-state index contributed by atoms with van der Waals surface area (Å²) in [5.74, 6) is 8.35. The Kier molecular flexibility index (Phi) is 25.6. The molecule has 141 heavy (non-hydrogen) atoms. The molecule has 6 atom stereocenters. The molecule has 18 aromatic carbocycles. The smallest absolute Gasteiger partial charge is 0.326 e. The van der Waals surface area contributed by atoms with Crippen LogP contribution in [0.4, 0.5) is 0 Å². The Morgan fingerprint density at radius 2 is 0.482 bits per heavy atom. The summed E-state index contributed by atoms with van der Waals surface area (Å²) in [5, 5.41) is 10.9. The summed E-state index contributed by atoms with van der Waals surface area (Å²) in [4.78, 5) is 0. The largest absolute Gasteiger partial charge is 0.443 e. The third kappa shape index (κ3) is 18.9. The van der Waals surface area contributed by atoms with Gasteiger partial charge in [0.2, 0.25) is 0 Å². The van der Waals surface area contributed by atoms with E-state index in [2.05, 4.69) is 350 Å². The van der Waals surface area contributed by atoms with Crippen LogP contribution < -0.4 is 77.1 Å². The lowest BCUT2D eigenvalue weighted by molar-refractivity contribution is 0.306. The highest BCUT2D eigenvalue weighted by Crippen LogP contribution is 2.60. The Morgan fingerprint density at radius 3 is 0.823 bits per heavy atom. The number of rotatable bonds is 16. The van der Waals surface area contributed by atoms with Crippen molar-refractivity contribution < 1.29 is 54.3 Å². The standard InChI is InChI=1S/C53H58O4P2.2C35H24O4P2/c1-50(2,3)36-30-34(48(42(32-36)52(7,8)9)56-58-46-27-19-15-23-40(46)38-21-13-17-25-44(38)54-58)29-35-31-37(51(4,5)6)33-43(53(10,11)12)49(35)57-59-47-28-20-16-24-41(47)39-22-14-18-26-45(39)55-59;1-2-12-25-22-33(39-41-35-20-10-6-16-30(35)28-14-4-8-18-32(28)38-41)26(21-24(25)11-1)23-36-40-34-19-9-5-15-29(34)27-13-3-7-17-31(27)37-40;1-2-12-25-24(11-1)21-22-33(39-41-35-20-10-6-16-29(35)27-14-4-8-18-32(27)38-41)30(25)23-36-40-34-19-9-5-15-28(34)26-13-3-7-17-31(26)37-40/h13-28,30-33H,29H2,1-12H3;2*1-22H,23H2. The molecule has 0 radical (unpaired) electrons. The molecule has 6 aliphatic rings. The molecule has 0 fully saturated rings. The van der Waals surface area contributed by atoms with Gasteiger partial charge in [-0.25, -0.2) is 0 Å². The van der Waals surface area contributed by atoms with E-state index in [9.17, 15) is 0 Å². The lowest BCUT2D eigenvalue weighted by Crippen LogP contribution is -2.23. The Balaban J connectivity index is 0.000000124. The summed E-state index contributed by atoms with van der Waals surface area (Å²) in [7, 11) is -8.52. The summed E-state index contributed by atoms with van der Waals surface area (Å²) < 4.78 is 81.2. The monoisotopic (exact) mass is 1960 g/mol. The average molecular weight is 1960 g/mol. The average Bonchev–Trinajstić information content (AvgIpc) is 0.739. The van der Waals surface area contributed by atoms with E-state index in [-0.39, 0.29) is 21.7 Å². The van der Waals surface area contributed by atoms with E-state index < -0.39 is 50.3 Å². The molecule has 0 amide bonds. The highest BCUT2D eigenvalue weighted by atomic mass is 31.2. The Hall–Kier alpha value is -13.0. The van der Waals surface area contributed by atoms with E-state index in [1.54, 1.807) is 0 Å². The normalized spacial score (nSPS) is 16.3. The van der Waals surface area contributed by atoms with Gasteiger partial charge in [0, 0.05) is 62.1 Å². The summed E-state index contributed by atoms with van der Waals surface area (Å²) in [6.45, 7) is 28.2. The minimum absolute atomic E-state index is 0.106. The van der Waals surface area contributed by atoms with Gasteiger partial charge in [0.1, 0.15) is 57.5 Å². The van der Waals surface area contributed by atoms with Gasteiger partial charge >= 0.3 is 33.5 Å². The first-order valence-corrected chi connectivity index (χ1v) is 54.8. The highest BCUT2D eigenvalue weighted by Gasteiger charge is 2.41. The van der Waals surface area contributed by atoms with Crippen LogP contribution in [0.5, 0.6) is 57.5 Å². The quantitative estimate of drug-likeness (QED) is 0.0859. The van der Waals surface area contributed by atoms with Crippen LogP contribution in [0.2, 0.25) is 0 Å². The van der Waals surface area contributed by atoms with E-state index in [0.717, 1.165) is 200 Å². The van der Waals surface area contributed by atoms with E-state index in [0.29, 0.717) is 19.6 Å². The number of fused-ring (bicyclic) bond motifs is 20. The number of para-hydroxylation sites is 6. The molecule has 18 heteroatoms. The van der Waals surface area contributed by atoms with Gasteiger partial charge < -0.3 is 54.3 Å². The maximum Gasteiger partial charge on any atom is 0.326 e. The van der Waals surface area contributed by atoms with Gasteiger partial charge in [0.15, 0.2) is 0 Å². The number of hydrogen-bond acceptors (Lipinski definition) is 12. The SMILES string of the molecule is CC(C)(C)c1cc(Cc2cc(C(C)(C)C)cc(C(C)(C)C)c2OP2Oc3ccccc3-c3ccccc32)c(OP2Oc3ccccc3-c3ccccc32)c(C(C)(C)C)c1.c1ccc2c(c1)OP(OCc1c(OP3Oc4ccccc4-c4ccccc43)ccc3ccccc13)c1ccccc1-2.c1ccc2c(c1)OP(OCc1cc3ccccc3cc1OP1Oc3ccccc3-c3ccccc31)c1ccccc1-2. The molecule has 0 saturated heterocycles. The summed E-state index contributed by atoms with van der Waals surface area (Å²) in [6, 6.07) is 134. The zero-order valence-corrected chi connectivity index (χ0v) is 86.0. The van der Waals surface area contributed by atoms with E-state index in [1.165, 1.54) is 22.3 Å². The van der Waals surface area contributed by atoms with Crippen LogP contribution in [0, 0.1) is 0 Å². The predicted octanol–water partition coefficient (Wildman–Crippen LogP) is 32.9. The van der Waals surface area contributed by atoms with Crippen LogP contribution in [-0.2, 0) is 50.3 Å². The zero-order valence-electron chi connectivity index (χ0n) is 80.7. The third-order valence-corrected chi connectivity index (χ3v) is 35.1. The molecule has 12 nitrogen and oxygen atoms in total. The van der Waals surface area contributed by atoms with E-state index in [1.807, 2.05) is 121 Å². The highest BCUT2D eigenvalue weighted by molar-refractivity contribution is 7.59. The molecular weight excluding hydrogens is 1860 g/mol. The van der Waals surface area contributed by atoms with Gasteiger partial charge in [0.25, 0.3) is 16.8 Å². The molecule has 0 N–H and O–H groups in total. The fraction of sp³-hybridized carbons (Fsp3) is 0.154. The second-order valence-electron chi connectivity index (χ2n) is 39.9. The first-order chi connectivity index (χ1) is 68.4. The van der Waals surface area contributed by atoms with Crippen molar-refractivity contribution in [2.45, 2.75) is 124 Å². The van der Waals surface area contributed by atoms with Crippen LogP contribution in [0.3, 0.4) is 0 Å². The summed E-state index contributed by atoms with van der Waals surface area (Å²) in [5.41, 5.74) is 21.8. The fourth-order valence-electron chi connectivity index (χ4n) is 18.7. The molecule has 0 aromatic heterocycles. The molecule has 0 saturated carbocycles. The topological polar surface area (TPSA) is 111 Å². The Morgan fingerprint density at radius 1 is 0.213 bits per heavy atom. The van der Waals surface area contributed by atoms with Crippen molar-refractivity contribution in [1.82, 2.24) is 0 Å². The summed E-state index contributed by atoms with van der Waals surface area (Å²) >= 11 is 0. The second-order valence-corrected chi connectivity index (χ2v) is 48.2. The van der Waals surface area contributed by atoms with Crippen molar-refractivity contribution in [3.05, 3.63) is 433 Å². The van der Waals surface area contributed by atoms with Crippen molar-refractivity contribution in [3.8, 4) is 124 Å². The first-order valence-electron chi connectivity index (χ1n) is 47.8. The molecule has 0 bridgehead atoms. The van der Waals surface area contributed by atoms with Gasteiger partial charge in [-0.05, 0) is 190 Å². The minimum atomic E-state index is -1.52. The van der Waals surface area contributed by atoms with Gasteiger partial charge in [-0.15, -0.1) is 0 Å². The van der Waals surface area contributed by atoms with E-state index in [4.69, 9.17) is 54.3 Å². The van der Waals surface area contributed by atoms with Gasteiger partial charge in [-0.2, -0.15) is 0 Å². The van der Waals surface area contributed by atoms with Gasteiger partial charge in [0.05, 0.1) is 45.0 Å². The van der Waals surface area contributed by atoms with Crippen molar-refractivity contribution in [2.24, 2.45) is 0 Å². The molecule has 0 spiro atoms. The fourth-order valence-corrected chi connectivity index (χ4v) is 27.8. The Bertz CT molecular complexity index is 7550. The molecule has 6 unspecified atom stereocenters. The van der Waals surface area contributed by atoms with Crippen molar-refractivity contribution >= 4 is 104 Å². The molecule has 6 aliphatic heterocycles. The van der Waals surface area contributed by atoms with Crippen LogP contribution >= 0.6 is 50.3 Å². The number of benzene rings is 18.